The van der Waals surface area contributed by atoms with E-state index in [1.165, 1.54) is 0 Å². The summed E-state index contributed by atoms with van der Waals surface area (Å²) < 4.78 is 1.16. The quantitative estimate of drug-likeness (QED) is 0.207. The number of hydrogen-bond acceptors (Lipinski definition) is 6. The average Bonchev–Trinajstić information content (AvgIpc) is 3.54. The monoisotopic (exact) mass is 569 g/mol. The number of thiazole rings is 1. The molecule has 0 amide bonds. The first-order valence-corrected chi connectivity index (χ1v) is 14.8. The van der Waals surface area contributed by atoms with E-state index in [-0.39, 0.29) is 0 Å². The fraction of sp³-hybridized carbons (Fsp3) is 0. The molecular formula is C37H23N5S. The molecule has 5 nitrogen and oxygen atoms in total. The smallest absolute Gasteiger partial charge is 0.166 e. The zero-order chi connectivity index (χ0) is 28.6. The summed E-state index contributed by atoms with van der Waals surface area (Å²) in [5, 5.41) is 3.32. The Hall–Kier alpha value is -5.59. The molecule has 0 atom stereocenters. The molecule has 0 aliphatic heterocycles. The molecule has 3 heterocycles. The van der Waals surface area contributed by atoms with Crippen molar-refractivity contribution < 1.29 is 0 Å². The van der Waals surface area contributed by atoms with Crippen molar-refractivity contribution in [2.24, 2.45) is 0 Å². The van der Waals surface area contributed by atoms with Gasteiger partial charge >= 0.3 is 0 Å². The molecular weight excluding hydrogens is 547 g/mol. The molecule has 0 fully saturated rings. The van der Waals surface area contributed by atoms with Crippen LogP contribution in [-0.4, -0.2) is 24.9 Å². The lowest BCUT2D eigenvalue weighted by Crippen LogP contribution is -2.01. The number of rotatable bonds is 5. The first kappa shape index (κ1) is 25.1. The highest BCUT2D eigenvalue weighted by atomic mass is 32.1. The zero-order valence-corrected chi connectivity index (χ0v) is 23.7. The first-order chi connectivity index (χ1) is 21.3. The molecule has 0 spiro atoms. The molecule has 0 aliphatic rings. The van der Waals surface area contributed by atoms with Gasteiger partial charge in [-0.05, 0) is 29.7 Å². The summed E-state index contributed by atoms with van der Waals surface area (Å²) in [7, 11) is 0. The molecule has 0 aliphatic carbocycles. The second-order valence-corrected chi connectivity index (χ2v) is 11.2. The molecule has 0 N–H and O–H groups in total. The minimum Gasteiger partial charge on any atom is -0.255 e. The number of nitrogens with zero attached hydrogens (tertiary/aromatic N) is 5. The molecule has 3 aromatic heterocycles. The van der Waals surface area contributed by atoms with E-state index in [0.29, 0.717) is 17.5 Å². The van der Waals surface area contributed by atoms with Crippen LogP contribution >= 0.6 is 11.3 Å². The van der Waals surface area contributed by atoms with E-state index >= 15 is 0 Å². The van der Waals surface area contributed by atoms with Gasteiger partial charge < -0.3 is 0 Å². The minimum absolute atomic E-state index is 0.582. The Morgan fingerprint density at radius 3 is 1.74 bits per heavy atom. The Bertz CT molecular complexity index is 2170. The van der Waals surface area contributed by atoms with Crippen LogP contribution in [0.1, 0.15) is 0 Å². The lowest BCUT2D eigenvalue weighted by Gasteiger charge is -2.12. The maximum atomic E-state index is 4.96. The Kier molecular flexibility index (Phi) is 6.24. The minimum atomic E-state index is 0.582. The third-order valence-electron chi connectivity index (χ3n) is 7.41. The lowest BCUT2D eigenvalue weighted by atomic mass is 10.0. The standard InChI is InChI=1S/C37H23N5S/c1-4-11-25(12-5-1)34-40-35(26-13-6-2-7-14-26)42-36(41-34)29-17-10-22-38-32(29)28-19-18-24-20-21-31-33(30(24)23-28)43-37(39-31)27-15-8-3-9-16-27/h1-23H. The van der Waals surface area contributed by atoms with Crippen LogP contribution in [0.15, 0.2) is 140 Å². The molecule has 8 aromatic rings. The topological polar surface area (TPSA) is 64.5 Å². The van der Waals surface area contributed by atoms with Gasteiger partial charge in [-0.1, -0.05) is 109 Å². The second-order valence-electron chi connectivity index (χ2n) is 10.2. The average molecular weight is 570 g/mol. The predicted molar refractivity (Wildman–Crippen MR) is 175 cm³/mol. The van der Waals surface area contributed by atoms with E-state index in [1.807, 2.05) is 97.2 Å². The maximum absolute atomic E-state index is 4.96. The summed E-state index contributed by atoms with van der Waals surface area (Å²) in [6.07, 6.45) is 1.82. The van der Waals surface area contributed by atoms with Crippen molar-refractivity contribution in [3.63, 3.8) is 0 Å². The van der Waals surface area contributed by atoms with Gasteiger partial charge in [0.25, 0.3) is 0 Å². The molecule has 5 aromatic carbocycles. The number of aromatic nitrogens is 5. The van der Waals surface area contributed by atoms with E-state index < -0.39 is 0 Å². The molecule has 0 bridgehead atoms. The summed E-state index contributed by atoms with van der Waals surface area (Å²) in [6, 6.07) is 45.1. The molecule has 202 valence electrons. The van der Waals surface area contributed by atoms with Gasteiger partial charge in [-0.25, -0.2) is 19.9 Å². The van der Waals surface area contributed by atoms with Gasteiger partial charge in [0.1, 0.15) is 5.01 Å². The normalized spacial score (nSPS) is 11.3. The van der Waals surface area contributed by atoms with Crippen LogP contribution in [-0.2, 0) is 0 Å². The molecule has 43 heavy (non-hydrogen) atoms. The van der Waals surface area contributed by atoms with E-state index in [9.17, 15) is 0 Å². The van der Waals surface area contributed by atoms with Gasteiger partial charge in [0.2, 0.25) is 0 Å². The van der Waals surface area contributed by atoms with Crippen molar-refractivity contribution in [2.75, 3.05) is 0 Å². The number of hydrogen-bond donors (Lipinski definition) is 0. The number of benzene rings is 5. The van der Waals surface area contributed by atoms with Gasteiger partial charge in [0.05, 0.1) is 15.9 Å². The molecule has 8 rings (SSSR count). The van der Waals surface area contributed by atoms with Crippen LogP contribution < -0.4 is 0 Å². The van der Waals surface area contributed by atoms with E-state index in [4.69, 9.17) is 24.9 Å². The van der Waals surface area contributed by atoms with E-state index in [2.05, 4.69) is 42.5 Å². The second kappa shape index (κ2) is 10.7. The lowest BCUT2D eigenvalue weighted by molar-refractivity contribution is 1.07. The Morgan fingerprint density at radius 1 is 0.465 bits per heavy atom. The number of fused-ring (bicyclic) bond motifs is 3. The third-order valence-corrected chi connectivity index (χ3v) is 8.57. The predicted octanol–water partition coefficient (Wildman–Crippen LogP) is 9.36. The Balaban J connectivity index is 1.30. The molecule has 0 saturated carbocycles. The molecule has 0 saturated heterocycles. The summed E-state index contributed by atoms with van der Waals surface area (Å²) in [4.78, 5) is 24.6. The van der Waals surface area contributed by atoms with E-state index in [0.717, 1.165) is 59.5 Å². The number of pyridine rings is 1. The maximum Gasteiger partial charge on any atom is 0.166 e. The Morgan fingerprint density at radius 2 is 1.07 bits per heavy atom. The van der Waals surface area contributed by atoms with Crippen LogP contribution in [0.3, 0.4) is 0 Å². The fourth-order valence-electron chi connectivity index (χ4n) is 5.30. The van der Waals surface area contributed by atoms with Crippen LogP contribution in [0, 0.1) is 0 Å². The van der Waals surface area contributed by atoms with Crippen LogP contribution in [0.2, 0.25) is 0 Å². The summed E-state index contributed by atoms with van der Waals surface area (Å²) in [6.45, 7) is 0. The van der Waals surface area contributed by atoms with Crippen molar-refractivity contribution in [2.45, 2.75) is 0 Å². The molecule has 6 heteroatoms. The van der Waals surface area contributed by atoms with Crippen LogP contribution in [0.5, 0.6) is 0 Å². The van der Waals surface area contributed by atoms with Gasteiger partial charge in [0, 0.05) is 39.4 Å². The van der Waals surface area contributed by atoms with Gasteiger partial charge in [-0.3, -0.25) is 4.98 Å². The summed E-state index contributed by atoms with van der Waals surface area (Å²) in [5.74, 6) is 1.83. The van der Waals surface area contributed by atoms with Crippen molar-refractivity contribution in [3.8, 4) is 56.0 Å². The fourth-order valence-corrected chi connectivity index (χ4v) is 6.40. The van der Waals surface area contributed by atoms with Crippen LogP contribution in [0.25, 0.3) is 77.0 Å². The highest BCUT2D eigenvalue weighted by Gasteiger charge is 2.17. The first-order valence-electron chi connectivity index (χ1n) is 14.0. The van der Waals surface area contributed by atoms with Crippen molar-refractivity contribution in [1.29, 1.82) is 0 Å². The van der Waals surface area contributed by atoms with Gasteiger partial charge in [-0.2, -0.15) is 0 Å². The van der Waals surface area contributed by atoms with Crippen molar-refractivity contribution >= 4 is 32.3 Å². The Labute approximate surface area is 252 Å². The molecule has 0 radical (unpaired) electrons. The highest BCUT2D eigenvalue weighted by Crippen LogP contribution is 2.38. The van der Waals surface area contributed by atoms with Crippen molar-refractivity contribution in [3.05, 3.63) is 140 Å². The third kappa shape index (κ3) is 4.74. The van der Waals surface area contributed by atoms with Crippen molar-refractivity contribution in [1.82, 2.24) is 24.9 Å². The van der Waals surface area contributed by atoms with Crippen LogP contribution in [0.4, 0.5) is 0 Å². The zero-order valence-electron chi connectivity index (χ0n) is 22.9. The SMILES string of the molecule is c1ccc(-c2nc(-c3ccccc3)nc(-c3cccnc3-c3ccc4ccc5nc(-c6ccccc6)sc5c4c3)n2)cc1. The molecule has 0 unspecified atom stereocenters. The summed E-state index contributed by atoms with van der Waals surface area (Å²) >= 11 is 1.72. The highest BCUT2D eigenvalue weighted by molar-refractivity contribution is 7.22. The van der Waals surface area contributed by atoms with E-state index in [1.54, 1.807) is 11.3 Å². The van der Waals surface area contributed by atoms with Gasteiger partial charge in [0.15, 0.2) is 17.5 Å². The largest absolute Gasteiger partial charge is 0.255 e. The summed E-state index contributed by atoms with van der Waals surface area (Å²) in [5.41, 5.74) is 6.64. The van der Waals surface area contributed by atoms with Gasteiger partial charge in [-0.15, -0.1) is 11.3 Å².